The van der Waals surface area contributed by atoms with Gasteiger partial charge in [-0.1, -0.05) is 0 Å². The molecule has 0 amide bonds. The summed E-state index contributed by atoms with van der Waals surface area (Å²) in [5.74, 6) is -1.30. The molecular formula is C13H9N2O6S4Te2-. The van der Waals surface area contributed by atoms with Gasteiger partial charge in [-0.2, -0.15) is 0 Å². The van der Waals surface area contributed by atoms with Crippen molar-refractivity contribution < 1.29 is 30.5 Å². The van der Waals surface area contributed by atoms with Crippen molar-refractivity contribution in [1.29, 1.82) is 0 Å². The van der Waals surface area contributed by atoms with Gasteiger partial charge in [0.1, 0.15) is 0 Å². The van der Waals surface area contributed by atoms with E-state index in [9.17, 15) is 25.9 Å². The molecule has 0 saturated heterocycles. The second kappa shape index (κ2) is 7.36. The topological polar surface area (TPSA) is 122 Å². The van der Waals surface area contributed by atoms with Crippen molar-refractivity contribution in [2.75, 3.05) is 10.8 Å². The fourth-order valence-corrected chi connectivity index (χ4v) is 14.5. The quantitative estimate of drug-likeness (QED) is 0.203. The summed E-state index contributed by atoms with van der Waals surface area (Å²) in [7, 11) is -8.95. The molecule has 0 N–H and O–H groups in total. The maximum atomic E-state index is 11.4. The van der Waals surface area contributed by atoms with Gasteiger partial charge < -0.3 is 0 Å². The zero-order valence-electron chi connectivity index (χ0n) is 13.1. The Morgan fingerprint density at radius 2 is 1.85 bits per heavy atom. The summed E-state index contributed by atoms with van der Waals surface area (Å²) in [4.78, 5) is 1.52. The van der Waals surface area contributed by atoms with Crippen LogP contribution in [0, 0.1) is 0 Å². The molecule has 27 heavy (non-hydrogen) atoms. The normalized spacial score (nSPS) is 16.5. The Balaban J connectivity index is 1.82. The van der Waals surface area contributed by atoms with Gasteiger partial charge in [0, 0.05) is 0 Å². The minimum absolute atomic E-state index is 0.650. The van der Waals surface area contributed by atoms with Crippen LogP contribution in [0.4, 0.5) is 5.69 Å². The molecule has 0 bridgehead atoms. The first-order valence-electron chi connectivity index (χ1n) is 7.12. The third-order valence-corrected chi connectivity index (χ3v) is 14.2. The van der Waals surface area contributed by atoms with Crippen LogP contribution in [0.15, 0.2) is 26.6 Å². The van der Waals surface area contributed by atoms with Crippen LogP contribution < -0.4 is 12.4 Å². The van der Waals surface area contributed by atoms with E-state index in [0.717, 1.165) is 24.3 Å². The zero-order valence-corrected chi connectivity index (χ0v) is 21.0. The van der Waals surface area contributed by atoms with E-state index in [-0.39, 0.29) is 0 Å². The van der Waals surface area contributed by atoms with Crippen molar-refractivity contribution in [3.05, 3.63) is 30.3 Å². The SMILES string of the molecule is O=S(=O)([O-])CN1C(=Cc2[te]c3sccc3[n+]2CS(=O)(=O)[O-])[Te]c2sccc21. The average Bonchev–Trinajstić information content (AvgIpc) is 3.24. The van der Waals surface area contributed by atoms with Gasteiger partial charge in [0.05, 0.1) is 0 Å². The van der Waals surface area contributed by atoms with Crippen LogP contribution in [0.1, 0.15) is 3.71 Å². The van der Waals surface area contributed by atoms with E-state index in [0.29, 0.717) is 0 Å². The van der Waals surface area contributed by atoms with Gasteiger partial charge in [-0.15, -0.1) is 0 Å². The number of hydrogen-bond acceptors (Lipinski definition) is 9. The summed E-state index contributed by atoms with van der Waals surface area (Å²) in [5.41, 5.74) is 1.48. The Bertz CT molecular complexity index is 1270. The van der Waals surface area contributed by atoms with E-state index in [2.05, 4.69) is 0 Å². The zero-order chi connectivity index (χ0) is 19.4. The van der Waals surface area contributed by atoms with Crippen LogP contribution >= 0.6 is 22.7 Å². The standard InChI is InChI=1S/C13H10N2O6S4Te2/c16-24(17,18)6-14-8-1-3-22-12(8)26-10(14)5-11-15(7-25(19,20)21)9-2-4-23-13(9)27-11/h1-5H,6-7H2,(H-,16,17,18,19,20,21)/p-1. The third-order valence-electron chi connectivity index (χ3n) is 3.55. The van der Waals surface area contributed by atoms with E-state index in [1.165, 1.54) is 32.1 Å². The second-order valence-electron chi connectivity index (χ2n) is 5.44. The number of rotatable bonds is 5. The molecule has 1 aliphatic heterocycles. The molecule has 0 atom stereocenters. The van der Waals surface area contributed by atoms with Gasteiger partial charge in [-0.05, 0) is 0 Å². The number of thiophene rings is 2. The molecule has 1 aliphatic rings. The summed E-state index contributed by atoms with van der Waals surface area (Å²) < 4.78 is 73.3. The number of hydrogen-bond donors (Lipinski definition) is 0. The fourth-order valence-electron chi connectivity index (χ4n) is 2.57. The van der Waals surface area contributed by atoms with Crippen molar-refractivity contribution in [2.45, 2.75) is 5.88 Å². The summed E-state index contributed by atoms with van der Waals surface area (Å²) in [6.45, 7) is 0. The van der Waals surface area contributed by atoms with Crippen molar-refractivity contribution in [1.82, 2.24) is 0 Å². The van der Waals surface area contributed by atoms with Gasteiger partial charge in [-0.25, -0.2) is 0 Å². The third kappa shape index (κ3) is 4.46. The molecular weight excluding hydrogens is 664 g/mol. The molecule has 4 rings (SSSR count). The van der Waals surface area contributed by atoms with Crippen LogP contribution in [0.2, 0.25) is 0 Å². The second-order valence-corrected chi connectivity index (χ2v) is 17.5. The molecule has 0 aromatic carbocycles. The van der Waals surface area contributed by atoms with Crippen LogP contribution in [0.5, 0.6) is 0 Å². The Kier molecular flexibility index (Phi) is 5.53. The van der Waals surface area contributed by atoms with Gasteiger partial charge in [0.25, 0.3) is 0 Å². The minimum atomic E-state index is -4.48. The van der Waals surface area contributed by atoms with Crippen LogP contribution in [0.3, 0.4) is 0 Å². The van der Waals surface area contributed by atoms with Gasteiger partial charge in [0.15, 0.2) is 0 Å². The van der Waals surface area contributed by atoms with E-state index < -0.39 is 73.3 Å². The first-order valence-corrected chi connectivity index (χ1v) is 16.7. The molecule has 8 nitrogen and oxygen atoms in total. The number of fused-ring (bicyclic) bond motifs is 2. The average molecular weight is 673 g/mol. The summed E-state index contributed by atoms with van der Waals surface area (Å²) in [5, 5.41) is 3.72. The van der Waals surface area contributed by atoms with Crippen LogP contribution in [0.25, 0.3) is 14.3 Å². The molecule has 0 aliphatic carbocycles. The first kappa shape index (κ1) is 20.3. The van der Waals surface area contributed by atoms with Crippen molar-refractivity contribution in [2.24, 2.45) is 0 Å². The molecule has 0 unspecified atom stereocenters. The Morgan fingerprint density at radius 3 is 2.56 bits per heavy atom. The van der Waals surface area contributed by atoms with E-state index in [1.54, 1.807) is 18.2 Å². The van der Waals surface area contributed by atoms with E-state index in [4.69, 9.17) is 0 Å². The first-order chi connectivity index (χ1) is 12.6. The maximum absolute atomic E-state index is 11.4. The molecule has 0 saturated carbocycles. The number of nitrogens with zero attached hydrogens (tertiary/aromatic N) is 2. The van der Waals surface area contributed by atoms with Crippen molar-refractivity contribution in [3.8, 4) is 0 Å². The summed E-state index contributed by atoms with van der Waals surface area (Å²) in [6, 6.07) is 3.59. The molecule has 144 valence electrons. The fraction of sp³-hybridized carbons (Fsp3) is 0.154. The molecule has 4 heterocycles. The molecule has 0 fully saturated rings. The Morgan fingerprint density at radius 1 is 1.11 bits per heavy atom. The Hall–Kier alpha value is 0.00922. The molecule has 14 heteroatoms. The molecule has 3 aromatic heterocycles. The van der Waals surface area contributed by atoms with Gasteiger partial charge >= 0.3 is 185 Å². The Labute approximate surface area is 182 Å². The van der Waals surface area contributed by atoms with Crippen molar-refractivity contribution >= 4 is 107 Å². The molecule has 3 aromatic rings. The van der Waals surface area contributed by atoms with Gasteiger partial charge in [0.2, 0.25) is 0 Å². The molecule has 0 radical (unpaired) electrons. The predicted molar refractivity (Wildman–Crippen MR) is 103 cm³/mol. The summed E-state index contributed by atoms with van der Waals surface area (Å²) in [6.07, 6.45) is 1.81. The van der Waals surface area contributed by atoms with Crippen molar-refractivity contribution in [3.63, 3.8) is 0 Å². The van der Waals surface area contributed by atoms with E-state index in [1.807, 2.05) is 10.8 Å². The van der Waals surface area contributed by atoms with Crippen LogP contribution in [-0.4, -0.2) is 73.2 Å². The predicted octanol–water partition coefficient (Wildman–Crippen LogP) is -0.539. The summed E-state index contributed by atoms with van der Waals surface area (Å²) >= 11 is 1.27. The van der Waals surface area contributed by atoms with Gasteiger partial charge in [-0.3, -0.25) is 0 Å². The van der Waals surface area contributed by atoms with E-state index >= 15 is 0 Å². The van der Waals surface area contributed by atoms with Crippen LogP contribution in [-0.2, 0) is 26.1 Å². The number of aromatic nitrogens is 1. The monoisotopic (exact) mass is 677 g/mol. The number of anilines is 1. The molecule has 0 spiro atoms.